The third-order valence-electron chi connectivity index (χ3n) is 2.43. The Balaban J connectivity index is 2.03. The minimum atomic E-state index is -0.415. The van der Waals surface area contributed by atoms with Gasteiger partial charge in [0.05, 0.1) is 4.92 Å². The molecule has 6 nitrogen and oxygen atoms in total. The Hall–Kier alpha value is -2.02. The lowest BCUT2D eigenvalue weighted by atomic mass is 10.2. The average molecular weight is 323 g/mol. The molecule has 0 bridgehead atoms. The molecular weight excluding hydrogens is 312 g/mol. The van der Waals surface area contributed by atoms with E-state index in [9.17, 15) is 10.1 Å². The molecule has 1 aromatic heterocycles. The molecule has 0 saturated carbocycles. The molecule has 0 aliphatic carbocycles. The summed E-state index contributed by atoms with van der Waals surface area (Å²) in [4.78, 5) is 18.5. The van der Waals surface area contributed by atoms with Gasteiger partial charge in [0.15, 0.2) is 0 Å². The van der Waals surface area contributed by atoms with Gasteiger partial charge in [0.2, 0.25) is 0 Å². The summed E-state index contributed by atoms with van der Waals surface area (Å²) in [6, 6.07) is 8.18. The highest BCUT2D eigenvalue weighted by Gasteiger charge is 2.04. The van der Waals surface area contributed by atoms with Gasteiger partial charge in [-0.05, 0) is 28.4 Å². The van der Waals surface area contributed by atoms with E-state index in [1.807, 2.05) is 6.92 Å². The molecule has 0 aliphatic heterocycles. The summed E-state index contributed by atoms with van der Waals surface area (Å²) in [6.45, 7) is 2.35. The summed E-state index contributed by atoms with van der Waals surface area (Å²) >= 11 is 3.30. The quantitative estimate of drug-likeness (QED) is 0.531. The Kier molecular flexibility index (Phi) is 4.06. The molecule has 2 rings (SSSR count). The van der Waals surface area contributed by atoms with Crippen LogP contribution in [0.5, 0.6) is 0 Å². The van der Waals surface area contributed by atoms with Crippen molar-refractivity contribution in [3.8, 4) is 0 Å². The fourth-order valence-corrected chi connectivity index (χ4v) is 2.02. The molecule has 0 amide bonds. The smallest absolute Gasteiger partial charge is 0.269 e. The molecule has 0 radical (unpaired) electrons. The summed E-state index contributed by atoms with van der Waals surface area (Å²) in [5.74, 6) is 1.37. The van der Waals surface area contributed by atoms with Crippen LogP contribution in [0.25, 0.3) is 0 Å². The van der Waals surface area contributed by atoms with Gasteiger partial charge >= 0.3 is 0 Å². The maximum Gasteiger partial charge on any atom is 0.269 e. The summed E-state index contributed by atoms with van der Waals surface area (Å²) in [5.41, 5.74) is 1.03. The first-order valence-electron chi connectivity index (χ1n) is 5.53. The minimum absolute atomic E-state index is 0.0874. The summed E-state index contributed by atoms with van der Waals surface area (Å²) in [6.07, 6.45) is 0. The maximum atomic E-state index is 10.5. The predicted molar refractivity (Wildman–Crippen MR) is 74.9 cm³/mol. The molecule has 7 heteroatoms. The van der Waals surface area contributed by atoms with Gasteiger partial charge in [0.25, 0.3) is 5.69 Å². The van der Waals surface area contributed by atoms with Gasteiger partial charge in [-0.15, -0.1) is 0 Å². The number of rotatable bonds is 4. The maximum absolute atomic E-state index is 10.5. The molecule has 2 aromatic rings. The largest absolute Gasteiger partial charge is 0.366 e. The van der Waals surface area contributed by atoms with Crippen molar-refractivity contribution in [1.29, 1.82) is 0 Å². The Bertz CT molecular complexity index is 581. The molecule has 1 aromatic carbocycles. The third-order valence-corrected chi connectivity index (χ3v) is 2.83. The Morgan fingerprint density at radius 3 is 2.58 bits per heavy atom. The molecule has 0 unspecified atom stereocenters. The number of aryl methyl sites for hydroxylation is 1. The fraction of sp³-hybridized carbons (Fsp3) is 0.167. The second-order valence-corrected chi connectivity index (χ2v) is 4.71. The van der Waals surface area contributed by atoms with E-state index in [4.69, 9.17) is 0 Å². The van der Waals surface area contributed by atoms with Crippen LogP contribution in [0.15, 0.2) is 34.9 Å². The number of halogens is 1. The standard InChI is InChI=1S/C12H11BrN4O2/c1-8-15-11(13)6-12(16-8)14-7-9-2-4-10(5-3-9)17(18)19/h2-6H,7H2,1H3,(H,14,15,16). The number of nitrogens with one attached hydrogen (secondary N) is 1. The summed E-state index contributed by atoms with van der Waals surface area (Å²) < 4.78 is 0.714. The first-order valence-corrected chi connectivity index (χ1v) is 6.32. The van der Waals surface area contributed by atoms with E-state index in [1.165, 1.54) is 12.1 Å². The SMILES string of the molecule is Cc1nc(Br)cc(NCc2ccc([N+](=O)[O-])cc2)n1. The normalized spacial score (nSPS) is 10.2. The van der Waals surface area contributed by atoms with Crippen molar-refractivity contribution in [3.63, 3.8) is 0 Å². The lowest BCUT2D eigenvalue weighted by Gasteiger charge is -2.06. The van der Waals surface area contributed by atoms with E-state index in [1.54, 1.807) is 18.2 Å². The number of aromatic nitrogens is 2. The van der Waals surface area contributed by atoms with Crippen LogP contribution in [0.2, 0.25) is 0 Å². The van der Waals surface area contributed by atoms with E-state index in [0.29, 0.717) is 22.8 Å². The molecule has 98 valence electrons. The van der Waals surface area contributed by atoms with Crippen LogP contribution in [0, 0.1) is 17.0 Å². The van der Waals surface area contributed by atoms with Gasteiger partial charge in [0, 0.05) is 24.7 Å². The van der Waals surface area contributed by atoms with Gasteiger partial charge in [-0.1, -0.05) is 12.1 Å². The molecule has 0 aliphatic rings. The fourth-order valence-electron chi connectivity index (χ4n) is 1.55. The van der Waals surface area contributed by atoms with Gasteiger partial charge in [-0.25, -0.2) is 9.97 Å². The Morgan fingerprint density at radius 2 is 2.00 bits per heavy atom. The second kappa shape index (κ2) is 5.75. The minimum Gasteiger partial charge on any atom is -0.366 e. The number of hydrogen-bond donors (Lipinski definition) is 1. The van der Waals surface area contributed by atoms with E-state index >= 15 is 0 Å². The molecule has 0 atom stereocenters. The van der Waals surface area contributed by atoms with E-state index in [0.717, 1.165) is 5.56 Å². The first-order chi connectivity index (χ1) is 9.04. The lowest BCUT2D eigenvalue weighted by Crippen LogP contribution is -2.03. The molecule has 1 N–H and O–H groups in total. The highest BCUT2D eigenvalue weighted by Crippen LogP contribution is 2.15. The predicted octanol–water partition coefficient (Wildman–Crippen LogP) is 3.07. The average Bonchev–Trinajstić information content (AvgIpc) is 2.36. The van der Waals surface area contributed by atoms with Crippen molar-refractivity contribution in [2.75, 3.05) is 5.32 Å². The number of nitro benzene ring substituents is 1. The summed E-state index contributed by atoms with van der Waals surface area (Å²) in [7, 11) is 0. The van der Waals surface area contributed by atoms with Crippen LogP contribution < -0.4 is 5.32 Å². The van der Waals surface area contributed by atoms with Crippen LogP contribution in [-0.2, 0) is 6.54 Å². The van der Waals surface area contributed by atoms with Crippen molar-refractivity contribution in [3.05, 3.63) is 56.4 Å². The van der Waals surface area contributed by atoms with Gasteiger partial charge in [-0.2, -0.15) is 0 Å². The zero-order valence-electron chi connectivity index (χ0n) is 10.1. The highest BCUT2D eigenvalue weighted by atomic mass is 79.9. The van der Waals surface area contributed by atoms with Gasteiger partial charge in [-0.3, -0.25) is 10.1 Å². The topological polar surface area (TPSA) is 81.0 Å². The van der Waals surface area contributed by atoms with Crippen molar-refractivity contribution in [1.82, 2.24) is 9.97 Å². The highest BCUT2D eigenvalue weighted by molar-refractivity contribution is 9.10. The number of non-ortho nitro benzene ring substituents is 1. The van der Waals surface area contributed by atoms with E-state index in [-0.39, 0.29) is 5.69 Å². The number of nitro groups is 1. The number of benzene rings is 1. The van der Waals surface area contributed by atoms with Crippen LogP contribution in [-0.4, -0.2) is 14.9 Å². The molecule has 0 spiro atoms. The zero-order valence-corrected chi connectivity index (χ0v) is 11.7. The monoisotopic (exact) mass is 322 g/mol. The first kappa shape index (κ1) is 13.4. The Morgan fingerprint density at radius 1 is 1.32 bits per heavy atom. The van der Waals surface area contributed by atoms with Gasteiger partial charge < -0.3 is 5.32 Å². The molecule has 0 fully saturated rings. The van der Waals surface area contributed by atoms with Crippen LogP contribution in [0.4, 0.5) is 11.5 Å². The van der Waals surface area contributed by atoms with Crippen molar-refractivity contribution in [2.45, 2.75) is 13.5 Å². The second-order valence-electron chi connectivity index (χ2n) is 3.90. The van der Waals surface area contributed by atoms with Gasteiger partial charge in [0.1, 0.15) is 16.2 Å². The lowest BCUT2D eigenvalue weighted by molar-refractivity contribution is -0.384. The molecule has 0 saturated heterocycles. The molecular formula is C12H11BrN4O2. The number of nitrogens with zero attached hydrogens (tertiary/aromatic N) is 3. The number of hydrogen-bond acceptors (Lipinski definition) is 5. The van der Waals surface area contributed by atoms with Crippen molar-refractivity contribution < 1.29 is 4.92 Å². The molecule has 19 heavy (non-hydrogen) atoms. The van der Waals surface area contributed by atoms with Crippen molar-refractivity contribution in [2.24, 2.45) is 0 Å². The van der Waals surface area contributed by atoms with Crippen molar-refractivity contribution >= 4 is 27.4 Å². The Labute approximate surface area is 118 Å². The number of anilines is 1. The van der Waals surface area contributed by atoms with Crippen LogP contribution in [0.1, 0.15) is 11.4 Å². The van der Waals surface area contributed by atoms with Crippen LogP contribution >= 0.6 is 15.9 Å². The van der Waals surface area contributed by atoms with E-state index in [2.05, 4.69) is 31.2 Å². The zero-order chi connectivity index (χ0) is 13.8. The van der Waals surface area contributed by atoms with Crippen LogP contribution in [0.3, 0.4) is 0 Å². The molecule has 1 heterocycles. The van der Waals surface area contributed by atoms with E-state index < -0.39 is 4.92 Å². The summed E-state index contributed by atoms with van der Waals surface area (Å²) in [5, 5.41) is 13.7. The third kappa shape index (κ3) is 3.72.